The molecule has 1 aliphatic heterocycles. The lowest BCUT2D eigenvalue weighted by atomic mass is 9.99. The van der Waals surface area contributed by atoms with Crippen LogP contribution < -0.4 is 15.4 Å². The highest BCUT2D eigenvalue weighted by Crippen LogP contribution is 2.23. The van der Waals surface area contributed by atoms with E-state index in [1.807, 2.05) is 12.1 Å². The number of carbonyl (C=O) groups is 1. The molecule has 3 rings (SSSR count). The molecule has 0 bridgehead atoms. The van der Waals surface area contributed by atoms with Gasteiger partial charge in [0.15, 0.2) is 0 Å². The molecule has 1 saturated heterocycles. The van der Waals surface area contributed by atoms with Crippen molar-refractivity contribution in [1.82, 2.24) is 9.97 Å². The van der Waals surface area contributed by atoms with Gasteiger partial charge in [-0.1, -0.05) is 17.7 Å². The van der Waals surface area contributed by atoms with E-state index in [4.69, 9.17) is 20.4 Å². The molecule has 2 aromatic rings. The highest BCUT2D eigenvalue weighted by molar-refractivity contribution is 5.41. The molecule has 2 heterocycles. The number of benzene rings is 1. The molecular weight excluding hydrogens is 320 g/mol. The minimum atomic E-state index is -0.250. The Labute approximate surface area is 147 Å². The van der Waals surface area contributed by atoms with Crippen molar-refractivity contribution in [1.29, 1.82) is 0 Å². The fourth-order valence-corrected chi connectivity index (χ4v) is 2.78. The number of carboxylic acid groups (broad SMARTS) is 1. The first-order valence-corrected chi connectivity index (χ1v) is 8.22. The number of nitrogens with zero attached hydrogens (tertiary/aromatic N) is 3. The molecule has 1 aromatic carbocycles. The Hall–Kier alpha value is -2.83. The summed E-state index contributed by atoms with van der Waals surface area (Å²) in [4.78, 5) is 19.1. The van der Waals surface area contributed by atoms with Crippen molar-refractivity contribution in [3.8, 4) is 5.75 Å². The minimum absolute atomic E-state index is 0.250. The third-order valence-electron chi connectivity index (χ3n) is 3.99. The van der Waals surface area contributed by atoms with Gasteiger partial charge in [-0.05, 0) is 31.9 Å². The van der Waals surface area contributed by atoms with E-state index in [1.54, 1.807) is 12.4 Å². The summed E-state index contributed by atoms with van der Waals surface area (Å²) in [6.07, 6.45) is 5.67. The maximum Gasteiger partial charge on any atom is 0.290 e. The van der Waals surface area contributed by atoms with Gasteiger partial charge in [-0.2, -0.15) is 0 Å². The van der Waals surface area contributed by atoms with E-state index < -0.39 is 0 Å². The van der Waals surface area contributed by atoms with Gasteiger partial charge in [-0.15, -0.1) is 0 Å². The molecule has 3 N–H and O–H groups in total. The summed E-state index contributed by atoms with van der Waals surface area (Å²) >= 11 is 0. The number of nitrogen functional groups attached to an aromatic ring is 1. The van der Waals surface area contributed by atoms with Crippen molar-refractivity contribution in [3.63, 3.8) is 0 Å². The number of aryl methyl sites for hydroxylation is 1. The number of piperidine rings is 1. The third kappa shape index (κ3) is 5.95. The van der Waals surface area contributed by atoms with Crippen molar-refractivity contribution in [2.24, 2.45) is 5.92 Å². The molecule has 134 valence electrons. The Morgan fingerprint density at radius 2 is 2.08 bits per heavy atom. The second kappa shape index (κ2) is 9.46. The molecule has 1 fully saturated rings. The Balaban J connectivity index is 0.000000701. The Kier molecular flexibility index (Phi) is 7.00. The van der Waals surface area contributed by atoms with Crippen LogP contribution in [0.25, 0.3) is 0 Å². The van der Waals surface area contributed by atoms with Crippen LogP contribution in [-0.4, -0.2) is 41.2 Å². The molecule has 0 saturated carbocycles. The molecule has 0 spiro atoms. The molecule has 1 unspecified atom stereocenters. The lowest BCUT2D eigenvalue weighted by molar-refractivity contribution is -0.122. The van der Waals surface area contributed by atoms with Gasteiger partial charge in [0.2, 0.25) is 0 Å². The fraction of sp³-hybridized carbons (Fsp3) is 0.389. The van der Waals surface area contributed by atoms with Gasteiger partial charge >= 0.3 is 0 Å². The number of ether oxygens (including phenoxy) is 1. The Bertz CT molecular complexity index is 664. The zero-order valence-corrected chi connectivity index (χ0v) is 14.3. The van der Waals surface area contributed by atoms with Gasteiger partial charge in [-0.3, -0.25) is 9.78 Å². The first-order chi connectivity index (χ1) is 12.1. The average molecular weight is 344 g/mol. The van der Waals surface area contributed by atoms with Crippen molar-refractivity contribution in [3.05, 3.63) is 42.2 Å². The summed E-state index contributed by atoms with van der Waals surface area (Å²) in [6, 6.07) is 8.20. The zero-order chi connectivity index (χ0) is 18.1. The third-order valence-corrected chi connectivity index (χ3v) is 3.99. The summed E-state index contributed by atoms with van der Waals surface area (Å²) < 4.78 is 5.92. The van der Waals surface area contributed by atoms with E-state index in [1.165, 1.54) is 12.0 Å². The highest BCUT2D eigenvalue weighted by Gasteiger charge is 2.21. The van der Waals surface area contributed by atoms with Crippen LogP contribution in [0.5, 0.6) is 5.75 Å². The quantitative estimate of drug-likeness (QED) is 0.821. The van der Waals surface area contributed by atoms with Gasteiger partial charge in [0, 0.05) is 19.0 Å². The summed E-state index contributed by atoms with van der Waals surface area (Å²) in [7, 11) is 0. The number of aromatic nitrogens is 2. The van der Waals surface area contributed by atoms with Crippen LogP contribution >= 0.6 is 0 Å². The van der Waals surface area contributed by atoms with Crippen molar-refractivity contribution in [2.45, 2.75) is 19.8 Å². The largest absolute Gasteiger partial charge is 0.493 e. The van der Waals surface area contributed by atoms with Crippen LogP contribution in [0, 0.1) is 12.8 Å². The van der Waals surface area contributed by atoms with Crippen LogP contribution in [0.1, 0.15) is 18.4 Å². The standard InChI is InChI=1S/C17H22N4O.CH2O2/c1-13-4-6-15(7-5-13)22-12-14-3-2-8-21(11-14)17-10-19-9-16(18)20-17;2-1-3/h4-7,9-10,14H,2-3,8,11-12H2,1H3,(H2,18,20);1H,(H,2,3). The second-order valence-corrected chi connectivity index (χ2v) is 5.99. The van der Waals surface area contributed by atoms with Crippen molar-refractivity contribution < 1.29 is 14.6 Å². The lowest BCUT2D eigenvalue weighted by Crippen LogP contribution is -2.38. The number of anilines is 2. The van der Waals surface area contributed by atoms with Crippen LogP contribution in [0.4, 0.5) is 11.6 Å². The van der Waals surface area contributed by atoms with E-state index in [2.05, 4.69) is 33.9 Å². The SMILES string of the molecule is Cc1ccc(OCC2CCCN(c3cncc(N)n3)C2)cc1.O=CO. The van der Waals surface area contributed by atoms with E-state index >= 15 is 0 Å². The molecule has 7 nitrogen and oxygen atoms in total. The van der Waals surface area contributed by atoms with Crippen LogP contribution in [0.2, 0.25) is 0 Å². The van der Waals surface area contributed by atoms with Gasteiger partial charge in [-0.25, -0.2) is 4.98 Å². The molecule has 0 aliphatic carbocycles. The average Bonchev–Trinajstić information content (AvgIpc) is 2.62. The first-order valence-electron chi connectivity index (χ1n) is 8.22. The van der Waals surface area contributed by atoms with Crippen molar-refractivity contribution in [2.75, 3.05) is 30.3 Å². The molecule has 1 atom stereocenters. The fourth-order valence-electron chi connectivity index (χ4n) is 2.78. The predicted octanol–water partition coefficient (Wildman–Crippen LogP) is 2.36. The number of rotatable bonds is 4. The minimum Gasteiger partial charge on any atom is -0.493 e. The summed E-state index contributed by atoms with van der Waals surface area (Å²) in [5, 5.41) is 6.89. The summed E-state index contributed by atoms with van der Waals surface area (Å²) in [5.74, 6) is 2.76. The summed E-state index contributed by atoms with van der Waals surface area (Å²) in [5.41, 5.74) is 6.97. The number of hydrogen-bond donors (Lipinski definition) is 2. The van der Waals surface area contributed by atoms with Crippen LogP contribution in [0.15, 0.2) is 36.7 Å². The van der Waals surface area contributed by atoms with Crippen molar-refractivity contribution >= 4 is 18.1 Å². The highest BCUT2D eigenvalue weighted by atomic mass is 16.5. The van der Waals surface area contributed by atoms with E-state index in [0.717, 1.165) is 37.7 Å². The molecular formula is C18H24N4O3. The van der Waals surface area contributed by atoms with Gasteiger partial charge in [0.1, 0.15) is 17.4 Å². The molecule has 0 radical (unpaired) electrons. The number of hydrogen-bond acceptors (Lipinski definition) is 6. The molecule has 0 amide bonds. The topological polar surface area (TPSA) is 102 Å². The molecule has 1 aromatic heterocycles. The van der Waals surface area contributed by atoms with Crippen LogP contribution in [0.3, 0.4) is 0 Å². The Morgan fingerprint density at radius 1 is 1.36 bits per heavy atom. The molecule has 1 aliphatic rings. The second-order valence-electron chi connectivity index (χ2n) is 5.99. The monoisotopic (exact) mass is 344 g/mol. The lowest BCUT2D eigenvalue weighted by Gasteiger charge is -2.33. The summed E-state index contributed by atoms with van der Waals surface area (Å²) in [6.45, 7) is 4.49. The maximum atomic E-state index is 8.36. The maximum absolute atomic E-state index is 8.36. The zero-order valence-electron chi connectivity index (χ0n) is 14.3. The van der Waals surface area contributed by atoms with E-state index in [9.17, 15) is 0 Å². The predicted molar refractivity (Wildman–Crippen MR) is 96.7 cm³/mol. The van der Waals surface area contributed by atoms with Gasteiger partial charge < -0.3 is 20.5 Å². The first kappa shape index (κ1) is 18.5. The van der Waals surface area contributed by atoms with E-state index in [-0.39, 0.29) is 6.47 Å². The smallest absolute Gasteiger partial charge is 0.290 e. The molecule has 7 heteroatoms. The van der Waals surface area contributed by atoms with Gasteiger partial charge in [0.25, 0.3) is 6.47 Å². The van der Waals surface area contributed by atoms with Gasteiger partial charge in [0.05, 0.1) is 19.0 Å². The molecule has 25 heavy (non-hydrogen) atoms. The number of nitrogens with two attached hydrogens (primary N) is 1. The van der Waals surface area contributed by atoms with E-state index in [0.29, 0.717) is 11.7 Å². The Morgan fingerprint density at radius 3 is 2.76 bits per heavy atom. The normalized spacial score (nSPS) is 16.5. The van der Waals surface area contributed by atoms with Crippen LogP contribution in [-0.2, 0) is 4.79 Å².